The van der Waals surface area contributed by atoms with Crippen LogP contribution in [-0.4, -0.2) is 0 Å². The van der Waals surface area contributed by atoms with Crippen LogP contribution in [0.2, 0.25) is 0 Å². The minimum atomic E-state index is 1.09. The molecule has 0 radical (unpaired) electrons. The summed E-state index contributed by atoms with van der Waals surface area (Å²) in [5, 5.41) is 0. The van der Waals surface area contributed by atoms with E-state index in [9.17, 15) is 0 Å². The zero-order valence-corrected chi connectivity index (χ0v) is 9.30. The maximum atomic E-state index is 3.85. The molecule has 0 heteroatoms. The van der Waals surface area contributed by atoms with E-state index in [2.05, 4.69) is 44.7 Å². The van der Waals surface area contributed by atoms with Crippen molar-refractivity contribution >= 4 is 6.08 Å². The lowest BCUT2D eigenvalue weighted by Gasteiger charge is -2.03. The topological polar surface area (TPSA) is 0 Å². The van der Waals surface area contributed by atoms with Crippen LogP contribution in [0.1, 0.15) is 30.5 Å². The molecule has 0 nitrogen and oxygen atoms in total. The van der Waals surface area contributed by atoms with Crippen molar-refractivity contribution in [1.29, 1.82) is 0 Å². The Balaban J connectivity index is 2.94. The molecule has 0 aromatic heterocycles. The number of hydrogen-bond acceptors (Lipinski definition) is 0. The first-order valence-corrected chi connectivity index (χ1v) is 5.06. The fourth-order valence-corrected chi connectivity index (χ4v) is 1.38. The average molecular weight is 186 g/mol. The maximum absolute atomic E-state index is 3.85. The van der Waals surface area contributed by atoms with E-state index in [1.165, 1.54) is 16.7 Å². The lowest BCUT2D eigenvalue weighted by atomic mass is 10.0. The highest BCUT2D eigenvalue weighted by Crippen LogP contribution is 2.13. The second-order valence-corrected chi connectivity index (χ2v) is 3.72. The Kier molecular flexibility index (Phi) is 3.70. The molecule has 0 aliphatic rings. The normalized spacial score (nSPS) is 10.8. The Bertz CT molecular complexity index is 356. The first kappa shape index (κ1) is 10.8. The van der Waals surface area contributed by atoms with E-state index in [1.54, 1.807) is 0 Å². The Morgan fingerprint density at radius 1 is 1.43 bits per heavy atom. The first-order chi connectivity index (χ1) is 6.63. The Morgan fingerprint density at radius 2 is 2.14 bits per heavy atom. The fourth-order valence-electron chi connectivity index (χ4n) is 1.38. The van der Waals surface area contributed by atoms with Gasteiger partial charge in [0, 0.05) is 0 Å². The summed E-state index contributed by atoms with van der Waals surface area (Å²) in [6.45, 7) is 10.2. The smallest absolute Gasteiger partial charge is 0.0227 e. The Morgan fingerprint density at radius 3 is 2.64 bits per heavy atom. The third-order valence-corrected chi connectivity index (χ3v) is 2.29. The van der Waals surface area contributed by atoms with Gasteiger partial charge in [0.2, 0.25) is 0 Å². The van der Waals surface area contributed by atoms with Gasteiger partial charge in [0.25, 0.3) is 0 Å². The van der Waals surface area contributed by atoms with Crippen LogP contribution in [-0.2, 0) is 6.42 Å². The number of benzene rings is 1. The molecule has 1 rings (SSSR count). The molecule has 0 unspecified atom stereocenters. The average Bonchev–Trinajstić information content (AvgIpc) is 2.15. The zero-order valence-electron chi connectivity index (χ0n) is 9.30. The molecule has 14 heavy (non-hydrogen) atoms. The van der Waals surface area contributed by atoms with Crippen LogP contribution < -0.4 is 0 Å². The molecular weight excluding hydrogens is 168 g/mol. The van der Waals surface area contributed by atoms with Gasteiger partial charge in [-0.3, -0.25) is 0 Å². The van der Waals surface area contributed by atoms with Crippen LogP contribution in [0.15, 0.2) is 36.4 Å². The molecule has 0 amide bonds. The van der Waals surface area contributed by atoms with Gasteiger partial charge in [-0.25, -0.2) is 0 Å². The Hall–Kier alpha value is -1.30. The minimum absolute atomic E-state index is 1.09. The fraction of sp³-hybridized carbons (Fsp3) is 0.286. The van der Waals surface area contributed by atoms with Crippen LogP contribution in [0.5, 0.6) is 0 Å². The summed E-state index contributed by atoms with van der Waals surface area (Å²) in [5.41, 5.74) is 5.10. The van der Waals surface area contributed by atoms with Gasteiger partial charge in [0.1, 0.15) is 0 Å². The SMILES string of the molecule is C=C(C)C=Cc1ccc(CC)cc1C. The van der Waals surface area contributed by atoms with Crippen molar-refractivity contribution in [1.82, 2.24) is 0 Å². The lowest BCUT2D eigenvalue weighted by molar-refractivity contribution is 1.13. The molecule has 0 spiro atoms. The predicted octanol–water partition coefficient (Wildman–Crippen LogP) is 4.15. The number of hydrogen-bond donors (Lipinski definition) is 0. The highest BCUT2D eigenvalue weighted by Gasteiger charge is 1.95. The third kappa shape index (κ3) is 2.88. The predicted molar refractivity (Wildman–Crippen MR) is 64.4 cm³/mol. The van der Waals surface area contributed by atoms with Crippen LogP contribution in [0.4, 0.5) is 0 Å². The standard InChI is InChI=1S/C14H18/c1-5-13-7-9-14(12(4)10-13)8-6-11(2)3/h6-10H,2,5H2,1,3-4H3. The summed E-state index contributed by atoms with van der Waals surface area (Å²) in [6, 6.07) is 6.61. The van der Waals surface area contributed by atoms with Crippen molar-refractivity contribution in [2.24, 2.45) is 0 Å². The van der Waals surface area contributed by atoms with Gasteiger partial charge >= 0.3 is 0 Å². The molecule has 0 heterocycles. The summed E-state index contributed by atoms with van der Waals surface area (Å²) < 4.78 is 0. The minimum Gasteiger partial charge on any atom is -0.0961 e. The van der Waals surface area contributed by atoms with Gasteiger partial charge in [-0.15, -0.1) is 0 Å². The zero-order chi connectivity index (χ0) is 10.6. The molecule has 74 valence electrons. The van der Waals surface area contributed by atoms with Crippen molar-refractivity contribution in [3.63, 3.8) is 0 Å². The van der Waals surface area contributed by atoms with Crippen LogP contribution in [0.3, 0.4) is 0 Å². The molecule has 0 saturated carbocycles. The monoisotopic (exact) mass is 186 g/mol. The molecule has 1 aromatic carbocycles. The number of allylic oxidation sites excluding steroid dienone is 2. The van der Waals surface area contributed by atoms with Gasteiger partial charge in [0.15, 0.2) is 0 Å². The first-order valence-electron chi connectivity index (χ1n) is 5.06. The van der Waals surface area contributed by atoms with E-state index >= 15 is 0 Å². The van der Waals surface area contributed by atoms with Gasteiger partial charge in [-0.1, -0.05) is 49.4 Å². The largest absolute Gasteiger partial charge is 0.0961 e. The van der Waals surface area contributed by atoms with E-state index in [0.29, 0.717) is 0 Å². The summed E-state index contributed by atoms with van der Waals surface area (Å²) in [7, 11) is 0. The maximum Gasteiger partial charge on any atom is -0.0227 e. The van der Waals surface area contributed by atoms with E-state index < -0.39 is 0 Å². The molecule has 0 N–H and O–H groups in total. The van der Waals surface area contributed by atoms with Crippen molar-refractivity contribution in [2.45, 2.75) is 27.2 Å². The van der Waals surface area contributed by atoms with E-state index in [4.69, 9.17) is 0 Å². The summed E-state index contributed by atoms with van der Waals surface area (Å²) in [5.74, 6) is 0. The second kappa shape index (κ2) is 4.80. The molecular formula is C14H18. The van der Waals surface area contributed by atoms with Gasteiger partial charge < -0.3 is 0 Å². The van der Waals surface area contributed by atoms with Crippen molar-refractivity contribution < 1.29 is 0 Å². The van der Waals surface area contributed by atoms with E-state index in [-0.39, 0.29) is 0 Å². The summed E-state index contributed by atoms with van der Waals surface area (Å²) >= 11 is 0. The number of rotatable bonds is 3. The summed E-state index contributed by atoms with van der Waals surface area (Å²) in [4.78, 5) is 0. The van der Waals surface area contributed by atoms with Gasteiger partial charge in [0.05, 0.1) is 0 Å². The van der Waals surface area contributed by atoms with E-state index in [0.717, 1.165) is 12.0 Å². The van der Waals surface area contributed by atoms with Crippen molar-refractivity contribution in [3.05, 3.63) is 53.1 Å². The molecule has 0 aliphatic heterocycles. The van der Waals surface area contributed by atoms with Crippen LogP contribution in [0.25, 0.3) is 6.08 Å². The lowest BCUT2D eigenvalue weighted by Crippen LogP contribution is -1.85. The van der Waals surface area contributed by atoms with Crippen LogP contribution in [0, 0.1) is 6.92 Å². The highest BCUT2D eigenvalue weighted by molar-refractivity contribution is 5.56. The summed E-state index contributed by atoms with van der Waals surface area (Å²) in [6.07, 6.45) is 5.27. The molecule has 0 fully saturated rings. The van der Waals surface area contributed by atoms with Crippen LogP contribution >= 0.6 is 0 Å². The highest BCUT2D eigenvalue weighted by atomic mass is 14.0. The molecule has 0 atom stereocenters. The molecule has 0 saturated heterocycles. The van der Waals surface area contributed by atoms with Crippen molar-refractivity contribution in [3.8, 4) is 0 Å². The Labute approximate surface area is 87.0 Å². The van der Waals surface area contributed by atoms with E-state index in [1.807, 2.05) is 13.0 Å². The van der Waals surface area contributed by atoms with Crippen molar-refractivity contribution in [2.75, 3.05) is 0 Å². The molecule has 1 aromatic rings. The number of aryl methyl sites for hydroxylation is 2. The molecule has 0 aliphatic carbocycles. The van der Waals surface area contributed by atoms with Gasteiger partial charge in [-0.05, 0) is 37.0 Å². The third-order valence-electron chi connectivity index (χ3n) is 2.29. The second-order valence-electron chi connectivity index (χ2n) is 3.72. The quantitative estimate of drug-likeness (QED) is 0.622. The van der Waals surface area contributed by atoms with Gasteiger partial charge in [-0.2, -0.15) is 0 Å². The molecule has 0 bridgehead atoms.